The zero-order valence-corrected chi connectivity index (χ0v) is 17.5. The van der Waals surface area contributed by atoms with Crippen LogP contribution in [0.25, 0.3) is 0 Å². The number of hydrogen-bond donors (Lipinski definition) is 1. The molecule has 0 atom stereocenters. The number of carbonyl (C=O) groups excluding carboxylic acids is 2. The molecule has 1 aliphatic heterocycles. The number of nitrogens with one attached hydrogen (secondary N) is 1. The lowest BCUT2D eigenvalue weighted by atomic mass is 10.1. The molecule has 154 valence electrons. The van der Waals surface area contributed by atoms with E-state index in [1.54, 1.807) is 22.9 Å². The Morgan fingerprint density at radius 3 is 2.67 bits per heavy atom. The van der Waals surface area contributed by atoms with E-state index in [0.29, 0.717) is 36.9 Å². The summed E-state index contributed by atoms with van der Waals surface area (Å²) in [6.45, 7) is 4.19. The summed E-state index contributed by atoms with van der Waals surface area (Å²) in [7, 11) is 0. The van der Waals surface area contributed by atoms with Crippen LogP contribution < -0.4 is 5.32 Å². The summed E-state index contributed by atoms with van der Waals surface area (Å²) in [5.74, 6) is -0.414. The van der Waals surface area contributed by atoms with Crippen LogP contribution in [0.3, 0.4) is 0 Å². The Bertz CT molecular complexity index is 1080. The number of benzene rings is 2. The molecule has 0 unspecified atom stereocenters. The third kappa shape index (κ3) is 4.54. The third-order valence-corrected chi connectivity index (χ3v) is 5.39. The zero-order chi connectivity index (χ0) is 21.1. The first-order valence-electron chi connectivity index (χ1n) is 9.95. The predicted molar refractivity (Wildman–Crippen MR) is 115 cm³/mol. The van der Waals surface area contributed by atoms with Crippen molar-refractivity contribution in [2.24, 2.45) is 0 Å². The van der Waals surface area contributed by atoms with E-state index in [0.717, 1.165) is 17.5 Å². The van der Waals surface area contributed by atoms with Gasteiger partial charge in [0.2, 0.25) is 0 Å². The fraction of sp³-hybridized carbons (Fsp3) is 0.261. The fourth-order valence-electron chi connectivity index (χ4n) is 3.53. The minimum atomic E-state index is -0.312. The molecule has 2 aromatic carbocycles. The second-order valence-electron chi connectivity index (χ2n) is 7.52. The Hall–Kier alpha value is -3.12. The number of aryl methyl sites for hydroxylation is 2. The average Bonchev–Trinajstić information content (AvgIpc) is 3.11. The quantitative estimate of drug-likeness (QED) is 0.679. The maximum Gasteiger partial charge on any atom is 0.272 e. The van der Waals surface area contributed by atoms with E-state index in [1.165, 1.54) is 5.56 Å². The van der Waals surface area contributed by atoms with Gasteiger partial charge >= 0.3 is 0 Å². The predicted octanol–water partition coefficient (Wildman–Crippen LogP) is 3.82. The van der Waals surface area contributed by atoms with Crippen molar-refractivity contribution in [1.82, 2.24) is 20.0 Å². The monoisotopic (exact) mass is 422 g/mol. The highest BCUT2D eigenvalue weighted by atomic mass is 35.5. The minimum Gasteiger partial charge on any atom is -0.347 e. The van der Waals surface area contributed by atoms with E-state index in [2.05, 4.69) is 10.4 Å². The molecule has 3 aromatic rings. The molecule has 6 nitrogen and oxygen atoms in total. The zero-order valence-electron chi connectivity index (χ0n) is 16.8. The number of rotatable bonds is 5. The van der Waals surface area contributed by atoms with Crippen LogP contribution >= 0.6 is 11.6 Å². The Morgan fingerprint density at radius 1 is 1.10 bits per heavy atom. The Morgan fingerprint density at radius 2 is 1.90 bits per heavy atom. The summed E-state index contributed by atoms with van der Waals surface area (Å²) in [6.07, 6.45) is 0.788. The minimum absolute atomic E-state index is 0.102. The molecule has 0 bridgehead atoms. The van der Waals surface area contributed by atoms with Gasteiger partial charge in [-0.25, -0.2) is 0 Å². The maximum atomic E-state index is 13.1. The third-order valence-electron chi connectivity index (χ3n) is 5.15. The summed E-state index contributed by atoms with van der Waals surface area (Å²) in [5.41, 5.74) is 3.87. The largest absolute Gasteiger partial charge is 0.347 e. The van der Waals surface area contributed by atoms with Gasteiger partial charge in [0.15, 0.2) is 5.69 Å². The normalized spacial score (nSPS) is 13.7. The lowest BCUT2D eigenvalue weighted by molar-refractivity contribution is 0.0745. The van der Waals surface area contributed by atoms with Crippen LogP contribution in [0.5, 0.6) is 0 Å². The van der Waals surface area contributed by atoms with Crippen LogP contribution in [0.2, 0.25) is 5.02 Å². The molecule has 0 saturated carbocycles. The molecule has 1 aliphatic rings. The molecule has 2 amide bonds. The number of nitrogens with zero attached hydrogens (tertiary/aromatic N) is 3. The van der Waals surface area contributed by atoms with Gasteiger partial charge in [0.05, 0.1) is 0 Å². The van der Waals surface area contributed by atoms with E-state index in [4.69, 9.17) is 11.6 Å². The van der Waals surface area contributed by atoms with Crippen molar-refractivity contribution in [2.45, 2.75) is 33.0 Å². The van der Waals surface area contributed by atoms with Crippen LogP contribution in [-0.2, 0) is 19.6 Å². The van der Waals surface area contributed by atoms with Gasteiger partial charge in [0.25, 0.3) is 11.8 Å². The first kappa shape index (κ1) is 20.2. The molecule has 1 N–H and O–H groups in total. The summed E-state index contributed by atoms with van der Waals surface area (Å²) < 4.78 is 1.64. The van der Waals surface area contributed by atoms with Crippen LogP contribution in [-0.4, -0.2) is 33.0 Å². The first-order valence-corrected chi connectivity index (χ1v) is 10.3. The molecule has 0 spiro atoms. The van der Waals surface area contributed by atoms with Gasteiger partial charge in [0, 0.05) is 37.3 Å². The maximum absolute atomic E-state index is 13.1. The SMILES string of the molecule is Cc1ccc(CN2CCCn3nc(C(=O)NCc4cccc(Cl)c4)cc3C2=O)cc1. The molecule has 30 heavy (non-hydrogen) atoms. The number of amides is 2. The average molecular weight is 423 g/mol. The van der Waals surface area contributed by atoms with Gasteiger partial charge in [-0.2, -0.15) is 5.10 Å². The smallest absolute Gasteiger partial charge is 0.272 e. The molecular formula is C23H23ClN4O2. The van der Waals surface area contributed by atoms with E-state index in [9.17, 15) is 9.59 Å². The van der Waals surface area contributed by atoms with Crippen molar-refractivity contribution in [2.75, 3.05) is 6.54 Å². The second kappa shape index (κ2) is 8.71. The second-order valence-corrected chi connectivity index (χ2v) is 7.95. The lowest BCUT2D eigenvalue weighted by Gasteiger charge is -2.20. The fourth-order valence-corrected chi connectivity index (χ4v) is 3.74. The number of halogens is 1. The number of aromatic nitrogens is 2. The van der Waals surface area contributed by atoms with Crippen molar-refractivity contribution in [3.8, 4) is 0 Å². The van der Waals surface area contributed by atoms with Crippen LogP contribution in [0.15, 0.2) is 54.6 Å². The van der Waals surface area contributed by atoms with E-state index in [-0.39, 0.29) is 17.5 Å². The first-order chi connectivity index (χ1) is 14.5. The molecule has 0 aliphatic carbocycles. The highest BCUT2D eigenvalue weighted by molar-refractivity contribution is 6.30. The van der Waals surface area contributed by atoms with Crippen LogP contribution in [0.4, 0.5) is 0 Å². The summed E-state index contributed by atoms with van der Waals surface area (Å²) in [5, 5.41) is 7.84. The van der Waals surface area contributed by atoms with Gasteiger partial charge in [-0.15, -0.1) is 0 Å². The van der Waals surface area contributed by atoms with Gasteiger partial charge in [-0.1, -0.05) is 53.6 Å². The van der Waals surface area contributed by atoms with Crippen LogP contribution in [0.1, 0.15) is 44.1 Å². The summed E-state index contributed by atoms with van der Waals surface area (Å²) in [4.78, 5) is 27.5. The van der Waals surface area contributed by atoms with Crippen molar-refractivity contribution in [1.29, 1.82) is 0 Å². The molecule has 4 rings (SSSR count). The van der Waals surface area contributed by atoms with Gasteiger partial charge < -0.3 is 10.2 Å². The Labute approximate surface area is 180 Å². The molecule has 7 heteroatoms. The molecule has 2 heterocycles. The van der Waals surface area contributed by atoms with Crippen molar-refractivity contribution < 1.29 is 9.59 Å². The summed E-state index contributed by atoms with van der Waals surface area (Å²) in [6, 6.07) is 17.1. The van der Waals surface area contributed by atoms with E-state index in [1.807, 2.05) is 48.2 Å². The molecular weight excluding hydrogens is 400 g/mol. The molecule has 0 saturated heterocycles. The number of fused-ring (bicyclic) bond motifs is 1. The molecule has 0 radical (unpaired) electrons. The highest BCUT2D eigenvalue weighted by Gasteiger charge is 2.26. The van der Waals surface area contributed by atoms with E-state index >= 15 is 0 Å². The summed E-state index contributed by atoms with van der Waals surface area (Å²) >= 11 is 5.99. The molecule has 1 aromatic heterocycles. The Kier molecular flexibility index (Phi) is 5.86. The topological polar surface area (TPSA) is 67.2 Å². The standard InChI is InChI=1S/C23H23ClN4O2/c1-16-6-8-17(9-7-16)15-27-10-3-11-28-21(23(27)30)13-20(26-28)22(29)25-14-18-4-2-5-19(24)12-18/h2,4-9,12-13H,3,10-11,14-15H2,1H3,(H,25,29). The Balaban J connectivity index is 1.46. The van der Waals surface area contributed by atoms with Gasteiger partial charge in [0.1, 0.15) is 5.69 Å². The van der Waals surface area contributed by atoms with Crippen LogP contribution in [0, 0.1) is 6.92 Å². The van der Waals surface area contributed by atoms with E-state index < -0.39 is 0 Å². The molecule has 0 fully saturated rings. The van der Waals surface area contributed by atoms with Gasteiger partial charge in [-0.05, 0) is 36.6 Å². The highest BCUT2D eigenvalue weighted by Crippen LogP contribution is 2.17. The van der Waals surface area contributed by atoms with Crippen molar-refractivity contribution >= 4 is 23.4 Å². The van der Waals surface area contributed by atoms with Crippen molar-refractivity contribution in [3.05, 3.63) is 87.7 Å². The number of hydrogen-bond acceptors (Lipinski definition) is 3. The lowest BCUT2D eigenvalue weighted by Crippen LogP contribution is -2.30. The van der Waals surface area contributed by atoms with Crippen molar-refractivity contribution in [3.63, 3.8) is 0 Å². The number of carbonyl (C=O) groups is 2. The van der Waals surface area contributed by atoms with Gasteiger partial charge in [-0.3, -0.25) is 14.3 Å².